The molecule has 2 N–H and O–H groups in total. The maximum absolute atomic E-state index is 5.84. The fourth-order valence-electron chi connectivity index (χ4n) is 1.33. The van der Waals surface area contributed by atoms with Crippen molar-refractivity contribution in [1.82, 2.24) is 4.90 Å². The monoisotopic (exact) mass is 188 g/mol. The molecule has 0 heterocycles. The van der Waals surface area contributed by atoms with Crippen LogP contribution in [-0.2, 0) is 6.54 Å². The van der Waals surface area contributed by atoms with E-state index in [-0.39, 0.29) is 0 Å². The van der Waals surface area contributed by atoms with Crippen LogP contribution in [0.4, 0.5) is 5.69 Å². The summed E-state index contributed by atoms with van der Waals surface area (Å²) in [7, 11) is 0. The zero-order valence-electron chi connectivity index (χ0n) is 8.53. The summed E-state index contributed by atoms with van der Waals surface area (Å²) in [4.78, 5) is 2.17. The first kappa shape index (κ1) is 10.6. The molecule has 0 aliphatic carbocycles. The SMILES string of the molecule is C#CCN(CC)Cc1ccccc1N. The van der Waals surface area contributed by atoms with Gasteiger partial charge in [0, 0.05) is 12.2 Å². The molecule has 1 aromatic carbocycles. The number of nitrogen functional groups attached to an aromatic ring is 1. The van der Waals surface area contributed by atoms with Gasteiger partial charge in [0.15, 0.2) is 0 Å². The second-order valence-electron chi connectivity index (χ2n) is 3.21. The first-order chi connectivity index (χ1) is 6.77. The molecule has 0 fully saturated rings. The average Bonchev–Trinajstić information content (AvgIpc) is 2.20. The molecular weight excluding hydrogens is 172 g/mol. The van der Waals surface area contributed by atoms with Crippen LogP contribution in [0.1, 0.15) is 12.5 Å². The van der Waals surface area contributed by atoms with E-state index in [0.717, 1.165) is 24.3 Å². The summed E-state index contributed by atoms with van der Waals surface area (Å²) in [6.07, 6.45) is 5.27. The van der Waals surface area contributed by atoms with Crippen molar-refractivity contribution in [2.75, 3.05) is 18.8 Å². The Kier molecular flexibility index (Phi) is 4.03. The third-order valence-corrected chi connectivity index (χ3v) is 2.21. The van der Waals surface area contributed by atoms with Crippen LogP contribution in [0, 0.1) is 12.3 Å². The molecule has 2 nitrogen and oxygen atoms in total. The highest BCUT2D eigenvalue weighted by Crippen LogP contribution is 2.12. The maximum Gasteiger partial charge on any atom is 0.0601 e. The Morgan fingerprint density at radius 1 is 1.43 bits per heavy atom. The third-order valence-electron chi connectivity index (χ3n) is 2.21. The van der Waals surface area contributed by atoms with E-state index < -0.39 is 0 Å². The van der Waals surface area contributed by atoms with Crippen LogP contribution in [0.25, 0.3) is 0 Å². The van der Waals surface area contributed by atoms with Gasteiger partial charge in [-0.25, -0.2) is 0 Å². The highest BCUT2D eigenvalue weighted by Gasteiger charge is 2.03. The standard InChI is InChI=1S/C12H16N2/c1-3-9-14(4-2)10-11-7-5-6-8-12(11)13/h1,5-8H,4,9-10,13H2,2H3. The zero-order chi connectivity index (χ0) is 10.4. The minimum absolute atomic E-state index is 0.671. The van der Waals surface area contributed by atoms with Crippen molar-refractivity contribution in [3.05, 3.63) is 29.8 Å². The summed E-state index contributed by atoms with van der Waals surface area (Å²) in [6, 6.07) is 7.89. The highest BCUT2D eigenvalue weighted by molar-refractivity contribution is 5.46. The second-order valence-corrected chi connectivity index (χ2v) is 3.21. The number of rotatable bonds is 4. The topological polar surface area (TPSA) is 29.3 Å². The molecule has 14 heavy (non-hydrogen) atoms. The lowest BCUT2D eigenvalue weighted by molar-refractivity contribution is 0.317. The van der Waals surface area contributed by atoms with Gasteiger partial charge in [0.2, 0.25) is 0 Å². The number of nitrogens with zero attached hydrogens (tertiary/aromatic N) is 1. The van der Waals surface area contributed by atoms with Crippen LogP contribution in [0.5, 0.6) is 0 Å². The van der Waals surface area contributed by atoms with Crippen LogP contribution in [0.2, 0.25) is 0 Å². The Morgan fingerprint density at radius 3 is 2.71 bits per heavy atom. The molecule has 0 aliphatic heterocycles. The van der Waals surface area contributed by atoms with Crippen LogP contribution < -0.4 is 5.73 Å². The van der Waals surface area contributed by atoms with Crippen molar-refractivity contribution < 1.29 is 0 Å². The highest BCUT2D eigenvalue weighted by atomic mass is 15.1. The molecule has 0 aromatic heterocycles. The smallest absolute Gasteiger partial charge is 0.0601 e. The quantitative estimate of drug-likeness (QED) is 0.576. The van der Waals surface area contributed by atoms with Gasteiger partial charge < -0.3 is 5.73 Å². The molecule has 0 saturated carbocycles. The maximum atomic E-state index is 5.84. The van der Waals surface area contributed by atoms with E-state index in [9.17, 15) is 0 Å². The van der Waals surface area contributed by atoms with Gasteiger partial charge in [0.1, 0.15) is 0 Å². The first-order valence-electron chi connectivity index (χ1n) is 4.77. The van der Waals surface area contributed by atoms with E-state index in [1.165, 1.54) is 0 Å². The molecule has 0 amide bonds. The fourth-order valence-corrected chi connectivity index (χ4v) is 1.33. The third kappa shape index (κ3) is 2.79. The molecule has 2 heteroatoms. The second kappa shape index (κ2) is 5.31. The largest absolute Gasteiger partial charge is 0.398 e. The lowest BCUT2D eigenvalue weighted by Gasteiger charge is -2.18. The number of benzene rings is 1. The van der Waals surface area contributed by atoms with Gasteiger partial charge in [-0.15, -0.1) is 6.42 Å². The predicted octanol–water partition coefficient (Wildman–Crippen LogP) is 1.72. The van der Waals surface area contributed by atoms with Crippen molar-refractivity contribution in [2.24, 2.45) is 0 Å². The zero-order valence-corrected chi connectivity index (χ0v) is 8.53. The molecule has 0 atom stereocenters. The summed E-state index contributed by atoms with van der Waals surface area (Å²) in [5.74, 6) is 2.64. The molecule has 0 saturated heterocycles. The Bertz CT molecular complexity index is 325. The molecular formula is C12H16N2. The number of nitrogens with two attached hydrogens (primary N) is 1. The van der Waals surface area contributed by atoms with E-state index in [1.54, 1.807) is 0 Å². The molecule has 1 aromatic rings. The molecule has 0 radical (unpaired) electrons. The number of para-hydroxylation sites is 1. The van der Waals surface area contributed by atoms with E-state index in [2.05, 4.69) is 17.7 Å². The van der Waals surface area contributed by atoms with Gasteiger partial charge in [0.25, 0.3) is 0 Å². The van der Waals surface area contributed by atoms with Crippen molar-refractivity contribution in [3.8, 4) is 12.3 Å². The van der Waals surface area contributed by atoms with Crippen molar-refractivity contribution in [2.45, 2.75) is 13.5 Å². The van der Waals surface area contributed by atoms with Gasteiger partial charge in [-0.2, -0.15) is 0 Å². The predicted molar refractivity (Wildman–Crippen MR) is 60.6 cm³/mol. The number of terminal acetylenes is 1. The molecule has 0 spiro atoms. The summed E-state index contributed by atoms with van der Waals surface area (Å²) in [5.41, 5.74) is 7.82. The van der Waals surface area contributed by atoms with Crippen LogP contribution in [0.3, 0.4) is 0 Å². The van der Waals surface area contributed by atoms with Gasteiger partial charge in [0.05, 0.1) is 6.54 Å². The molecule has 0 aliphatic rings. The molecule has 0 bridgehead atoms. The van der Waals surface area contributed by atoms with E-state index in [0.29, 0.717) is 6.54 Å². The van der Waals surface area contributed by atoms with E-state index in [4.69, 9.17) is 12.2 Å². The molecule has 1 rings (SSSR count). The minimum atomic E-state index is 0.671. The van der Waals surface area contributed by atoms with Crippen LogP contribution in [0.15, 0.2) is 24.3 Å². The summed E-state index contributed by atoms with van der Waals surface area (Å²) in [5, 5.41) is 0. The number of hydrogen-bond donors (Lipinski definition) is 1. The van der Waals surface area contributed by atoms with Crippen LogP contribution >= 0.6 is 0 Å². The minimum Gasteiger partial charge on any atom is -0.398 e. The molecule has 74 valence electrons. The normalized spacial score (nSPS) is 10.1. The van der Waals surface area contributed by atoms with E-state index >= 15 is 0 Å². The first-order valence-corrected chi connectivity index (χ1v) is 4.77. The Morgan fingerprint density at radius 2 is 2.14 bits per heavy atom. The van der Waals surface area contributed by atoms with Crippen molar-refractivity contribution >= 4 is 5.69 Å². The summed E-state index contributed by atoms with van der Waals surface area (Å²) in [6.45, 7) is 4.53. The van der Waals surface area contributed by atoms with Crippen LogP contribution in [-0.4, -0.2) is 18.0 Å². The number of anilines is 1. The van der Waals surface area contributed by atoms with E-state index in [1.807, 2.05) is 24.3 Å². The Hall–Kier alpha value is -1.46. The van der Waals surface area contributed by atoms with Crippen molar-refractivity contribution in [3.63, 3.8) is 0 Å². The fraction of sp³-hybridized carbons (Fsp3) is 0.333. The average molecular weight is 188 g/mol. The lowest BCUT2D eigenvalue weighted by atomic mass is 10.1. The van der Waals surface area contributed by atoms with Gasteiger partial charge in [-0.3, -0.25) is 4.90 Å². The van der Waals surface area contributed by atoms with Gasteiger partial charge in [-0.1, -0.05) is 31.0 Å². The number of hydrogen-bond acceptors (Lipinski definition) is 2. The van der Waals surface area contributed by atoms with Gasteiger partial charge in [-0.05, 0) is 18.2 Å². The summed E-state index contributed by atoms with van der Waals surface area (Å²) < 4.78 is 0. The molecule has 0 unspecified atom stereocenters. The Labute approximate surface area is 85.7 Å². The van der Waals surface area contributed by atoms with Crippen molar-refractivity contribution in [1.29, 1.82) is 0 Å². The van der Waals surface area contributed by atoms with Gasteiger partial charge >= 0.3 is 0 Å². The summed E-state index contributed by atoms with van der Waals surface area (Å²) >= 11 is 0. The Balaban J connectivity index is 2.68. The lowest BCUT2D eigenvalue weighted by Crippen LogP contribution is -2.23.